The van der Waals surface area contributed by atoms with Crippen molar-refractivity contribution in [3.63, 3.8) is 0 Å². The molecule has 0 fully saturated rings. The molecule has 0 radical (unpaired) electrons. The molecule has 0 unspecified atom stereocenters. The Morgan fingerprint density at radius 2 is 2.00 bits per heavy atom. The molecule has 0 saturated heterocycles. The van der Waals surface area contributed by atoms with E-state index in [2.05, 4.69) is 45.9 Å². The molecule has 7 heteroatoms. The van der Waals surface area contributed by atoms with Gasteiger partial charge in [0.25, 0.3) is 5.91 Å². The number of aryl methyl sites for hydroxylation is 1. The highest BCUT2D eigenvalue weighted by molar-refractivity contribution is 9.10. The molecule has 2 heterocycles. The minimum atomic E-state index is -0.249. The van der Waals surface area contributed by atoms with Crippen LogP contribution in [0.15, 0.2) is 45.5 Å². The highest BCUT2D eigenvalue weighted by Gasteiger charge is 2.21. The van der Waals surface area contributed by atoms with Crippen molar-refractivity contribution < 1.29 is 9.21 Å². The second-order valence-electron chi connectivity index (χ2n) is 6.47. The van der Waals surface area contributed by atoms with Crippen molar-refractivity contribution in [1.82, 2.24) is 19.7 Å². The number of hydrogen-bond acceptors (Lipinski definition) is 4. The van der Waals surface area contributed by atoms with Crippen LogP contribution in [0.2, 0.25) is 0 Å². The highest BCUT2D eigenvalue weighted by Crippen LogP contribution is 2.23. The monoisotopic (exact) mass is 416 g/mol. The zero-order chi connectivity index (χ0) is 18.8. The average Bonchev–Trinajstić information content (AvgIpc) is 3.19. The van der Waals surface area contributed by atoms with Crippen molar-refractivity contribution in [2.75, 3.05) is 7.05 Å². The Balaban J connectivity index is 1.87. The van der Waals surface area contributed by atoms with Crippen molar-refractivity contribution in [1.29, 1.82) is 0 Å². The Morgan fingerprint density at radius 3 is 2.65 bits per heavy atom. The van der Waals surface area contributed by atoms with Crippen molar-refractivity contribution in [2.24, 2.45) is 0 Å². The van der Waals surface area contributed by atoms with Gasteiger partial charge in [0.05, 0.1) is 12.2 Å². The summed E-state index contributed by atoms with van der Waals surface area (Å²) in [6.45, 7) is 6.46. The van der Waals surface area contributed by atoms with Gasteiger partial charge in [-0.25, -0.2) is 9.67 Å². The minimum absolute atomic E-state index is 0.175. The normalized spacial score (nSPS) is 11.2. The summed E-state index contributed by atoms with van der Waals surface area (Å²) in [6.07, 6.45) is 0. The molecule has 1 aromatic carbocycles. The summed E-state index contributed by atoms with van der Waals surface area (Å²) in [7, 11) is 1.71. The van der Waals surface area contributed by atoms with Crippen LogP contribution in [0.25, 0.3) is 5.69 Å². The number of nitrogens with zero attached hydrogens (tertiary/aromatic N) is 4. The molecule has 2 aromatic heterocycles. The molecule has 136 valence electrons. The molecule has 0 spiro atoms. The van der Waals surface area contributed by atoms with E-state index >= 15 is 0 Å². The molecular formula is C19H21BrN4O2. The van der Waals surface area contributed by atoms with E-state index in [9.17, 15) is 4.79 Å². The SMILES string of the molecule is Cc1nc(C(=O)N(C)Cc2ccc(Br)o2)nn1-c1ccccc1C(C)C. The third-order valence-electron chi connectivity index (χ3n) is 4.12. The van der Waals surface area contributed by atoms with Gasteiger partial charge >= 0.3 is 0 Å². The zero-order valence-corrected chi connectivity index (χ0v) is 16.8. The molecule has 6 nitrogen and oxygen atoms in total. The van der Waals surface area contributed by atoms with E-state index in [0.29, 0.717) is 28.7 Å². The maximum absolute atomic E-state index is 12.7. The predicted octanol–water partition coefficient (Wildman–Crippen LogP) is 4.33. The number of amides is 1. The number of carbonyl (C=O) groups excluding carboxylic acids is 1. The van der Waals surface area contributed by atoms with Crippen LogP contribution in [0.1, 0.15) is 47.5 Å². The van der Waals surface area contributed by atoms with Gasteiger partial charge in [-0.2, -0.15) is 0 Å². The summed E-state index contributed by atoms with van der Waals surface area (Å²) in [4.78, 5) is 18.6. The van der Waals surface area contributed by atoms with Crippen LogP contribution in [-0.4, -0.2) is 32.6 Å². The van der Waals surface area contributed by atoms with Gasteiger partial charge in [-0.1, -0.05) is 32.0 Å². The number of aromatic nitrogens is 3. The van der Waals surface area contributed by atoms with E-state index in [-0.39, 0.29) is 11.7 Å². The van der Waals surface area contributed by atoms with E-state index in [1.165, 1.54) is 0 Å². The van der Waals surface area contributed by atoms with Crippen LogP contribution >= 0.6 is 15.9 Å². The zero-order valence-electron chi connectivity index (χ0n) is 15.2. The predicted molar refractivity (Wildman–Crippen MR) is 102 cm³/mol. The summed E-state index contributed by atoms with van der Waals surface area (Å²) >= 11 is 3.26. The largest absolute Gasteiger partial charge is 0.452 e. The molecule has 0 aliphatic rings. The summed E-state index contributed by atoms with van der Waals surface area (Å²) in [6, 6.07) is 11.7. The van der Waals surface area contributed by atoms with Crippen LogP contribution in [0.4, 0.5) is 0 Å². The lowest BCUT2D eigenvalue weighted by atomic mass is 10.0. The van der Waals surface area contributed by atoms with Gasteiger partial charge in [-0.05, 0) is 52.5 Å². The van der Waals surface area contributed by atoms with Crippen molar-refractivity contribution >= 4 is 21.8 Å². The van der Waals surface area contributed by atoms with Gasteiger partial charge in [0.15, 0.2) is 4.67 Å². The second kappa shape index (κ2) is 7.45. The Morgan fingerprint density at radius 1 is 1.27 bits per heavy atom. The van der Waals surface area contributed by atoms with Crippen molar-refractivity contribution in [2.45, 2.75) is 33.2 Å². The van der Waals surface area contributed by atoms with Crippen molar-refractivity contribution in [3.05, 3.63) is 64.0 Å². The summed E-state index contributed by atoms with van der Waals surface area (Å²) in [5, 5.41) is 4.47. The number of halogens is 1. The van der Waals surface area contributed by atoms with E-state index < -0.39 is 0 Å². The maximum Gasteiger partial charge on any atom is 0.293 e. The first-order chi connectivity index (χ1) is 12.4. The number of rotatable bonds is 5. The smallest absolute Gasteiger partial charge is 0.293 e. The molecule has 0 bridgehead atoms. The lowest BCUT2D eigenvalue weighted by molar-refractivity contribution is 0.0763. The molecule has 26 heavy (non-hydrogen) atoms. The first-order valence-electron chi connectivity index (χ1n) is 8.39. The third-order valence-corrected chi connectivity index (χ3v) is 4.54. The molecule has 3 aromatic rings. The Labute approximate surface area is 161 Å². The fourth-order valence-corrected chi connectivity index (χ4v) is 3.13. The molecule has 0 aliphatic heterocycles. The first-order valence-corrected chi connectivity index (χ1v) is 9.18. The van der Waals surface area contributed by atoms with Gasteiger partial charge in [0.2, 0.25) is 5.82 Å². The lowest BCUT2D eigenvalue weighted by Gasteiger charge is -2.14. The maximum atomic E-state index is 12.7. The fourth-order valence-electron chi connectivity index (χ4n) is 2.79. The Kier molecular flexibility index (Phi) is 5.27. The van der Waals surface area contributed by atoms with Crippen LogP contribution in [0.5, 0.6) is 0 Å². The van der Waals surface area contributed by atoms with Gasteiger partial charge in [-0.3, -0.25) is 4.79 Å². The minimum Gasteiger partial charge on any atom is -0.452 e. The molecular weight excluding hydrogens is 396 g/mol. The van der Waals surface area contributed by atoms with E-state index in [1.807, 2.05) is 31.2 Å². The summed E-state index contributed by atoms with van der Waals surface area (Å²) < 4.78 is 7.83. The van der Waals surface area contributed by atoms with E-state index in [0.717, 1.165) is 11.3 Å². The summed E-state index contributed by atoms with van der Waals surface area (Å²) in [5.74, 6) is 1.63. The first kappa shape index (κ1) is 18.4. The standard InChI is InChI=1S/C19H21BrN4O2/c1-12(2)15-7-5-6-8-16(15)24-13(3)21-18(22-24)19(25)23(4)11-14-9-10-17(20)26-14/h5-10,12H,11H2,1-4H3. The summed E-state index contributed by atoms with van der Waals surface area (Å²) in [5.41, 5.74) is 2.11. The topological polar surface area (TPSA) is 64.2 Å². The van der Waals surface area contributed by atoms with E-state index in [4.69, 9.17) is 4.42 Å². The van der Waals surface area contributed by atoms with Crippen molar-refractivity contribution in [3.8, 4) is 5.69 Å². The van der Waals surface area contributed by atoms with E-state index in [1.54, 1.807) is 22.7 Å². The Hall–Kier alpha value is -2.41. The number of para-hydroxylation sites is 1. The average molecular weight is 417 g/mol. The Bertz CT molecular complexity index is 929. The van der Waals surface area contributed by atoms with Gasteiger partial charge < -0.3 is 9.32 Å². The number of hydrogen-bond donors (Lipinski definition) is 0. The molecule has 0 aliphatic carbocycles. The number of furan rings is 1. The van der Waals surface area contributed by atoms with Crippen LogP contribution in [0.3, 0.4) is 0 Å². The quantitative estimate of drug-likeness (QED) is 0.620. The van der Waals surface area contributed by atoms with Gasteiger partial charge in [0.1, 0.15) is 11.6 Å². The fraction of sp³-hybridized carbons (Fsp3) is 0.316. The third kappa shape index (κ3) is 3.72. The molecule has 3 rings (SSSR count). The highest BCUT2D eigenvalue weighted by atomic mass is 79.9. The van der Waals surface area contributed by atoms with Gasteiger partial charge in [-0.15, -0.1) is 5.10 Å². The number of carbonyl (C=O) groups is 1. The van der Waals surface area contributed by atoms with Crippen LogP contribution < -0.4 is 0 Å². The number of benzene rings is 1. The van der Waals surface area contributed by atoms with Crippen LogP contribution in [0, 0.1) is 6.92 Å². The molecule has 0 N–H and O–H groups in total. The molecule has 0 atom stereocenters. The van der Waals surface area contributed by atoms with Gasteiger partial charge in [0, 0.05) is 7.05 Å². The molecule has 1 amide bonds. The molecule has 0 saturated carbocycles. The lowest BCUT2D eigenvalue weighted by Crippen LogP contribution is -2.27. The second-order valence-corrected chi connectivity index (χ2v) is 7.26. The van der Waals surface area contributed by atoms with Crippen LogP contribution in [-0.2, 0) is 6.54 Å².